The van der Waals surface area contributed by atoms with Gasteiger partial charge in [-0.1, -0.05) is 114 Å². The predicted molar refractivity (Wildman–Crippen MR) is 215 cm³/mol. The van der Waals surface area contributed by atoms with E-state index in [-0.39, 0.29) is 46.5 Å². The number of hydrogen-bond acceptors (Lipinski definition) is 9. The van der Waals surface area contributed by atoms with Crippen LogP contribution < -0.4 is 14.8 Å². The summed E-state index contributed by atoms with van der Waals surface area (Å²) in [7, 11) is -3.66. The second-order valence-electron chi connectivity index (χ2n) is 13.9. The molecule has 4 rings (SSSR count). The number of amides is 1. The van der Waals surface area contributed by atoms with Gasteiger partial charge in [-0.25, -0.2) is 14.4 Å². The Hall–Kier alpha value is -2.93. The van der Waals surface area contributed by atoms with Crippen LogP contribution in [-0.4, -0.2) is 67.4 Å². The number of nitrogens with zero attached hydrogens (tertiary/aromatic N) is 3. The summed E-state index contributed by atoms with van der Waals surface area (Å²) >= 11 is 12.0. The number of carbonyl (C=O) groups excluding carboxylic acids is 1. The van der Waals surface area contributed by atoms with Crippen LogP contribution in [-0.2, 0) is 19.1 Å². The zero-order valence-electron chi connectivity index (χ0n) is 31.9. The first-order chi connectivity index (χ1) is 26.1. The SMILES string of the molecule is CCCCCCCCCCCCCCCCS(=O)(=O)OCCC(=O)N1CCC(Oc2cc3c(Nc4ccc(Cl)c(Cl)c4F)ncnc3cc2OCC)CC1. The van der Waals surface area contributed by atoms with Crippen LogP contribution in [0.1, 0.15) is 123 Å². The third kappa shape index (κ3) is 14.3. The van der Waals surface area contributed by atoms with Crippen LogP contribution >= 0.6 is 23.2 Å². The van der Waals surface area contributed by atoms with Gasteiger partial charge in [0.05, 0.1) is 46.6 Å². The van der Waals surface area contributed by atoms with E-state index >= 15 is 0 Å². The van der Waals surface area contributed by atoms with Gasteiger partial charge in [-0.3, -0.25) is 8.98 Å². The molecule has 0 aliphatic carbocycles. The van der Waals surface area contributed by atoms with Crippen molar-refractivity contribution in [2.75, 3.05) is 37.4 Å². The van der Waals surface area contributed by atoms with Gasteiger partial charge in [-0.2, -0.15) is 8.42 Å². The second kappa shape index (κ2) is 23.2. The molecule has 1 fully saturated rings. The molecule has 1 amide bonds. The van der Waals surface area contributed by atoms with E-state index in [0.29, 0.717) is 67.2 Å². The number of unbranched alkanes of at least 4 members (excludes halogenated alkanes) is 13. The fourth-order valence-electron chi connectivity index (χ4n) is 6.62. The molecule has 10 nitrogen and oxygen atoms in total. The largest absolute Gasteiger partial charge is 0.490 e. The van der Waals surface area contributed by atoms with Crippen LogP contribution in [0.5, 0.6) is 11.5 Å². The van der Waals surface area contributed by atoms with Crippen molar-refractivity contribution in [3.63, 3.8) is 0 Å². The van der Waals surface area contributed by atoms with Crippen molar-refractivity contribution in [2.45, 2.75) is 129 Å². The summed E-state index contributed by atoms with van der Waals surface area (Å²) in [5.74, 6) is 0.447. The summed E-state index contributed by atoms with van der Waals surface area (Å²) in [6.07, 6.45) is 19.1. The molecule has 0 saturated carbocycles. The minimum absolute atomic E-state index is 0.00212. The number of halogens is 3. The Morgan fingerprint density at radius 2 is 1.52 bits per heavy atom. The standard InChI is InChI=1S/C40H57Cl2FN4O6S/c1-3-5-6-7-8-9-10-11-12-13-14-15-16-17-26-54(49,50)52-25-22-37(48)47-23-20-30(21-24-47)53-36-27-31-34(28-35(36)51-4-2)44-29-45-40(31)46-33-19-18-32(41)38(42)39(33)43/h18-19,27-30H,3-17,20-26H2,1-2H3,(H,44,45,46). The average molecular weight is 812 g/mol. The number of aromatic nitrogens is 2. The summed E-state index contributed by atoms with van der Waals surface area (Å²) < 4.78 is 57.1. The van der Waals surface area contributed by atoms with Gasteiger partial charge in [0.1, 0.15) is 18.2 Å². The van der Waals surface area contributed by atoms with Crippen LogP contribution in [0.25, 0.3) is 10.9 Å². The minimum atomic E-state index is -3.66. The molecule has 2 heterocycles. The van der Waals surface area contributed by atoms with Gasteiger partial charge in [0.2, 0.25) is 5.91 Å². The molecule has 1 aromatic heterocycles. The third-order valence-electron chi connectivity index (χ3n) is 9.70. The summed E-state index contributed by atoms with van der Waals surface area (Å²) in [6.45, 7) is 5.27. The zero-order chi connectivity index (χ0) is 38.8. The number of fused-ring (bicyclic) bond motifs is 1. The Bertz CT molecular complexity index is 1730. The Labute approximate surface area is 331 Å². The normalized spacial score (nSPS) is 13.8. The van der Waals surface area contributed by atoms with E-state index in [0.717, 1.165) is 19.3 Å². The summed E-state index contributed by atoms with van der Waals surface area (Å²) in [6, 6.07) is 6.48. The molecule has 0 spiro atoms. The van der Waals surface area contributed by atoms with Gasteiger partial charge in [-0.05, 0) is 31.5 Å². The topological polar surface area (TPSA) is 120 Å². The molecular weight excluding hydrogens is 754 g/mol. The van der Waals surface area contributed by atoms with Crippen molar-refractivity contribution in [3.8, 4) is 11.5 Å². The van der Waals surface area contributed by atoms with Gasteiger partial charge >= 0.3 is 0 Å². The molecular formula is C40H57Cl2FN4O6S. The Balaban J connectivity index is 1.16. The molecule has 54 heavy (non-hydrogen) atoms. The average Bonchev–Trinajstić information content (AvgIpc) is 3.16. The lowest BCUT2D eigenvalue weighted by molar-refractivity contribution is -0.133. The maximum atomic E-state index is 14.8. The Kier molecular flexibility index (Phi) is 18.8. The summed E-state index contributed by atoms with van der Waals surface area (Å²) in [4.78, 5) is 23.3. The van der Waals surface area contributed by atoms with Crippen LogP contribution in [0.4, 0.5) is 15.9 Å². The first-order valence-electron chi connectivity index (χ1n) is 19.8. The maximum Gasteiger partial charge on any atom is 0.267 e. The minimum Gasteiger partial charge on any atom is -0.490 e. The molecule has 0 atom stereocenters. The summed E-state index contributed by atoms with van der Waals surface area (Å²) in [5.41, 5.74) is 0.666. The first kappa shape index (κ1) is 43.8. The Morgan fingerprint density at radius 1 is 0.889 bits per heavy atom. The molecule has 1 saturated heterocycles. The molecule has 2 aromatic carbocycles. The van der Waals surface area contributed by atoms with Crippen LogP contribution in [0.3, 0.4) is 0 Å². The molecule has 0 bridgehead atoms. The monoisotopic (exact) mass is 810 g/mol. The van der Waals surface area contributed by atoms with Crippen LogP contribution in [0, 0.1) is 5.82 Å². The second-order valence-corrected chi connectivity index (χ2v) is 16.5. The number of hydrogen-bond donors (Lipinski definition) is 1. The van der Waals surface area contributed by atoms with E-state index in [4.69, 9.17) is 36.9 Å². The van der Waals surface area contributed by atoms with Gasteiger partial charge in [0.15, 0.2) is 17.3 Å². The lowest BCUT2D eigenvalue weighted by Gasteiger charge is -2.32. The highest BCUT2D eigenvalue weighted by atomic mass is 35.5. The number of ether oxygens (including phenoxy) is 2. The van der Waals surface area contributed by atoms with Gasteiger partial charge < -0.3 is 19.7 Å². The number of nitrogens with one attached hydrogen (secondary N) is 1. The number of likely N-dealkylation sites (tertiary alicyclic amines) is 1. The molecule has 0 radical (unpaired) electrons. The van der Waals surface area contributed by atoms with Crippen LogP contribution in [0.2, 0.25) is 10.0 Å². The van der Waals surface area contributed by atoms with E-state index in [9.17, 15) is 17.6 Å². The number of benzene rings is 2. The van der Waals surface area contributed by atoms with Crippen molar-refractivity contribution in [1.29, 1.82) is 0 Å². The van der Waals surface area contributed by atoms with Crippen molar-refractivity contribution in [2.24, 2.45) is 0 Å². The number of piperidine rings is 1. The number of anilines is 2. The highest BCUT2D eigenvalue weighted by Gasteiger charge is 2.26. The third-order valence-corrected chi connectivity index (χ3v) is 11.8. The molecule has 1 aliphatic heterocycles. The van der Waals surface area contributed by atoms with E-state index < -0.39 is 15.9 Å². The molecule has 0 unspecified atom stereocenters. The predicted octanol–water partition coefficient (Wildman–Crippen LogP) is 10.8. The number of rotatable bonds is 25. The quantitative estimate of drug-likeness (QED) is 0.0506. The zero-order valence-corrected chi connectivity index (χ0v) is 34.2. The molecule has 1 N–H and O–H groups in total. The van der Waals surface area contributed by atoms with Gasteiger partial charge in [0, 0.05) is 37.4 Å². The van der Waals surface area contributed by atoms with E-state index in [1.807, 2.05) is 6.92 Å². The fraction of sp³-hybridized carbons (Fsp3) is 0.625. The van der Waals surface area contributed by atoms with Gasteiger partial charge in [-0.15, -0.1) is 0 Å². The van der Waals surface area contributed by atoms with Crippen molar-refractivity contribution in [3.05, 3.63) is 46.5 Å². The van der Waals surface area contributed by atoms with Crippen molar-refractivity contribution < 1.29 is 31.3 Å². The lowest BCUT2D eigenvalue weighted by Crippen LogP contribution is -2.42. The molecule has 1 aliphatic rings. The van der Waals surface area contributed by atoms with E-state index in [2.05, 4.69) is 22.2 Å². The smallest absolute Gasteiger partial charge is 0.267 e. The number of carbonyl (C=O) groups is 1. The maximum absolute atomic E-state index is 14.8. The highest BCUT2D eigenvalue weighted by molar-refractivity contribution is 7.86. The summed E-state index contributed by atoms with van der Waals surface area (Å²) in [5, 5.41) is 3.47. The van der Waals surface area contributed by atoms with E-state index in [1.165, 1.54) is 82.7 Å². The van der Waals surface area contributed by atoms with Crippen LogP contribution in [0.15, 0.2) is 30.6 Å². The van der Waals surface area contributed by atoms with Gasteiger partial charge in [0.25, 0.3) is 10.1 Å². The Morgan fingerprint density at radius 3 is 2.15 bits per heavy atom. The molecule has 14 heteroatoms. The molecule has 3 aromatic rings. The lowest BCUT2D eigenvalue weighted by atomic mass is 10.0. The molecule has 300 valence electrons. The van der Waals surface area contributed by atoms with E-state index in [1.54, 1.807) is 17.0 Å². The fourth-order valence-corrected chi connectivity index (χ4v) is 7.95. The highest BCUT2D eigenvalue weighted by Crippen LogP contribution is 2.38. The van der Waals surface area contributed by atoms with Crippen molar-refractivity contribution >= 4 is 61.6 Å². The first-order valence-corrected chi connectivity index (χ1v) is 22.1. The van der Waals surface area contributed by atoms with Crippen molar-refractivity contribution in [1.82, 2.24) is 14.9 Å².